The molecule has 2 atom stereocenters. The standard InChI is InChI=1S/C25H30ClN5O3/c1-3-9-21-24(33)29(15-19-12-7-8-13-20(19)26)16-22-30(21)23(32)17-28(2)31(22)25(34)27-14-18-10-5-4-6-11-18/h4-8,10-13,21-22H,3,9,14-17H2,1-2H3,(H,27,34)/t21-,22-/m0/s1. The van der Waals surface area contributed by atoms with Crippen molar-refractivity contribution in [3.63, 3.8) is 0 Å². The average molecular weight is 484 g/mol. The van der Waals surface area contributed by atoms with Gasteiger partial charge in [0.2, 0.25) is 11.8 Å². The Labute approximate surface area is 205 Å². The number of benzene rings is 2. The van der Waals surface area contributed by atoms with E-state index < -0.39 is 12.2 Å². The number of piperazine rings is 1. The molecule has 0 bridgehead atoms. The first-order chi connectivity index (χ1) is 16.4. The Morgan fingerprint density at radius 1 is 1.09 bits per heavy atom. The quantitative estimate of drug-likeness (QED) is 0.685. The summed E-state index contributed by atoms with van der Waals surface area (Å²) < 4.78 is 0. The summed E-state index contributed by atoms with van der Waals surface area (Å²) in [6, 6.07) is 16.1. The summed E-state index contributed by atoms with van der Waals surface area (Å²) in [4.78, 5) is 43.2. The zero-order valence-electron chi connectivity index (χ0n) is 19.5. The zero-order chi connectivity index (χ0) is 24.2. The van der Waals surface area contributed by atoms with Gasteiger partial charge in [0.25, 0.3) is 0 Å². The molecule has 0 aliphatic carbocycles. The maximum Gasteiger partial charge on any atom is 0.334 e. The highest BCUT2D eigenvalue weighted by Gasteiger charge is 2.50. The highest BCUT2D eigenvalue weighted by Crippen LogP contribution is 2.29. The number of fused-ring (bicyclic) bond motifs is 1. The Kier molecular flexibility index (Phi) is 7.38. The predicted octanol–water partition coefficient (Wildman–Crippen LogP) is 3.08. The molecule has 2 aromatic carbocycles. The number of hydrazine groups is 1. The minimum atomic E-state index is -0.614. The van der Waals surface area contributed by atoms with Gasteiger partial charge in [-0.1, -0.05) is 73.5 Å². The van der Waals surface area contributed by atoms with E-state index >= 15 is 0 Å². The van der Waals surface area contributed by atoms with Crippen LogP contribution in [-0.2, 0) is 22.7 Å². The van der Waals surface area contributed by atoms with Crippen LogP contribution in [0.2, 0.25) is 5.02 Å². The van der Waals surface area contributed by atoms with Crippen LogP contribution in [0.5, 0.6) is 0 Å². The summed E-state index contributed by atoms with van der Waals surface area (Å²) in [7, 11) is 1.72. The smallest absolute Gasteiger partial charge is 0.333 e. The molecule has 2 fully saturated rings. The highest BCUT2D eigenvalue weighted by molar-refractivity contribution is 6.31. The number of hydrogen-bond donors (Lipinski definition) is 1. The predicted molar refractivity (Wildman–Crippen MR) is 129 cm³/mol. The van der Waals surface area contributed by atoms with Crippen molar-refractivity contribution in [3.8, 4) is 0 Å². The fourth-order valence-corrected chi connectivity index (χ4v) is 4.88. The van der Waals surface area contributed by atoms with Gasteiger partial charge in [0, 0.05) is 25.2 Å². The summed E-state index contributed by atoms with van der Waals surface area (Å²) in [5.74, 6) is -0.260. The van der Waals surface area contributed by atoms with Crippen LogP contribution in [0.25, 0.3) is 0 Å². The molecule has 2 aliphatic heterocycles. The van der Waals surface area contributed by atoms with Gasteiger partial charge in [-0.2, -0.15) is 0 Å². The minimum Gasteiger partial charge on any atom is -0.333 e. The first-order valence-corrected chi connectivity index (χ1v) is 11.9. The second-order valence-corrected chi connectivity index (χ2v) is 9.11. The van der Waals surface area contributed by atoms with Crippen molar-refractivity contribution >= 4 is 29.4 Å². The third-order valence-corrected chi connectivity index (χ3v) is 6.68. The molecule has 2 aromatic rings. The van der Waals surface area contributed by atoms with Gasteiger partial charge in [0.05, 0.1) is 13.1 Å². The number of urea groups is 1. The van der Waals surface area contributed by atoms with Crippen LogP contribution in [-0.4, -0.2) is 70.0 Å². The number of likely N-dealkylation sites (N-methyl/N-ethyl adjacent to an activating group) is 1. The fraction of sp³-hybridized carbons (Fsp3) is 0.400. The van der Waals surface area contributed by atoms with E-state index in [0.29, 0.717) is 24.5 Å². The normalized spacial score (nSPS) is 21.0. The van der Waals surface area contributed by atoms with Crippen molar-refractivity contribution in [2.24, 2.45) is 0 Å². The van der Waals surface area contributed by atoms with Gasteiger partial charge >= 0.3 is 6.03 Å². The molecule has 0 unspecified atom stereocenters. The molecule has 4 amide bonds. The molecule has 0 radical (unpaired) electrons. The maximum atomic E-state index is 13.5. The van der Waals surface area contributed by atoms with Crippen molar-refractivity contribution < 1.29 is 14.4 Å². The van der Waals surface area contributed by atoms with Gasteiger partial charge in [0.15, 0.2) is 0 Å². The van der Waals surface area contributed by atoms with Gasteiger partial charge in [-0.25, -0.2) is 14.8 Å². The van der Waals surface area contributed by atoms with Crippen molar-refractivity contribution in [2.75, 3.05) is 20.1 Å². The van der Waals surface area contributed by atoms with Crippen molar-refractivity contribution in [1.82, 2.24) is 25.1 Å². The molecule has 34 heavy (non-hydrogen) atoms. The molecule has 180 valence electrons. The van der Waals surface area contributed by atoms with Gasteiger partial charge < -0.3 is 15.1 Å². The summed E-state index contributed by atoms with van der Waals surface area (Å²) in [5.41, 5.74) is 1.81. The highest BCUT2D eigenvalue weighted by atomic mass is 35.5. The van der Waals surface area contributed by atoms with Crippen LogP contribution in [0.3, 0.4) is 0 Å². The first-order valence-electron chi connectivity index (χ1n) is 11.6. The van der Waals surface area contributed by atoms with E-state index in [4.69, 9.17) is 11.6 Å². The zero-order valence-corrected chi connectivity index (χ0v) is 20.2. The minimum absolute atomic E-state index is 0.0350. The van der Waals surface area contributed by atoms with E-state index in [1.54, 1.807) is 32.9 Å². The molecule has 1 N–H and O–H groups in total. The number of nitrogens with zero attached hydrogens (tertiary/aromatic N) is 4. The maximum absolute atomic E-state index is 13.5. The molecular weight excluding hydrogens is 454 g/mol. The Hall–Kier alpha value is -3.10. The second-order valence-electron chi connectivity index (χ2n) is 8.70. The van der Waals surface area contributed by atoms with Crippen LogP contribution in [0.4, 0.5) is 4.79 Å². The molecule has 8 nitrogen and oxygen atoms in total. The number of hydrogen-bond acceptors (Lipinski definition) is 4. The van der Waals surface area contributed by atoms with E-state index in [-0.39, 0.29) is 30.9 Å². The Morgan fingerprint density at radius 3 is 2.50 bits per heavy atom. The molecule has 4 rings (SSSR count). The van der Waals surface area contributed by atoms with Crippen LogP contribution in [0, 0.1) is 0 Å². The van der Waals surface area contributed by atoms with Gasteiger partial charge in [-0.05, 0) is 23.6 Å². The third-order valence-electron chi connectivity index (χ3n) is 6.32. The average Bonchev–Trinajstić information content (AvgIpc) is 2.82. The molecule has 0 spiro atoms. The Bertz CT molecular complexity index is 1050. The van der Waals surface area contributed by atoms with Gasteiger partial charge in [-0.3, -0.25) is 9.59 Å². The van der Waals surface area contributed by atoms with E-state index in [2.05, 4.69) is 5.32 Å². The largest absolute Gasteiger partial charge is 0.334 e. The van der Waals surface area contributed by atoms with Crippen LogP contribution < -0.4 is 5.32 Å². The number of halogens is 1. The lowest BCUT2D eigenvalue weighted by Gasteiger charge is -2.54. The Balaban J connectivity index is 1.60. The molecule has 0 aromatic heterocycles. The van der Waals surface area contributed by atoms with Gasteiger partial charge in [-0.15, -0.1) is 0 Å². The summed E-state index contributed by atoms with van der Waals surface area (Å²) in [6.45, 7) is 2.92. The van der Waals surface area contributed by atoms with Crippen molar-refractivity contribution in [1.29, 1.82) is 0 Å². The van der Waals surface area contributed by atoms with Crippen LogP contribution >= 0.6 is 11.6 Å². The van der Waals surface area contributed by atoms with Crippen LogP contribution in [0.1, 0.15) is 30.9 Å². The summed E-state index contributed by atoms with van der Waals surface area (Å²) in [5, 5.41) is 6.75. The lowest BCUT2D eigenvalue weighted by atomic mass is 10.0. The number of carbonyl (C=O) groups is 3. The van der Waals surface area contributed by atoms with Crippen molar-refractivity contribution in [2.45, 2.75) is 45.1 Å². The molecule has 2 heterocycles. The monoisotopic (exact) mass is 483 g/mol. The second kappa shape index (κ2) is 10.4. The van der Waals surface area contributed by atoms with E-state index in [9.17, 15) is 14.4 Å². The number of amides is 4. The lowest BCUT2D eigenvalue weighted by molar-refractivity contribution is -0.188. The third kappa shape index (κ3) is 4.88. The molecule has 9 heteroatoms. The molecular formula is C25H30ClN5O3. The van der Waals surface area contributed by atoms with Gasteiger partial charge in [0.1, 0.15) is 12.2 Å². The lowest BCUT2D eigenvalue weighted by Crippen LogP contribution is -2.75. The van der Waals surface area contributed by atoms with E-state index in [1.165, 1.54) is 0 Å². The van der Waals surface area contributed by atoms with E-state index in [1.807, 2.05) is 55.5 Å². The molecule has 2 aliphatic rings. The SMILES string of the molecule is CCC[C@H]1C(=O)N(Cc2ccccc2Cl)C[C@H]2N1C(=O)CN(C)N2C(=O)NCc1ccccc1. The topological polar surface area (TPSA) is 76.2 Å². The Morgan fingerprint density at radius 2 is 1.79 bits per heavy atom. The van der Waals surface area contributed by atoms with E-state index in [0.717, 1.165) is 17.5 Å². The fourth-order valence-electron chi connectivity index (χ4n) is 4.68. The number of rotatable bonds is 6. The molecule has 0 saturated carbocycles. The number of nitrogens with one attached hydrogen (secondary N) is 1. The number of carbonyl (C=O) groups excluding carboxylic acids is 3. The first kappa shape index (κ1) is 24.0. The molecule has 2 saturated heterocycles. The van der Waals surface area contributed by atoms with Crippen LogP contribution in [0.15, 0.2) is 54.6 Å². The summed E-state index contributed by atoms with van der Waals surface area (Å²) >= 11 is 6.37. The van der Waals surface area contributed by atoms with Crippen molar-refractivity contribution in [3.05, 3.63) is 70.7 Å². The summed E-state index contributed by atoms with van der Waals surface area (Å²) in [6.07, 6.45) is 0.672.